The van der Waals surface area contributed by atoms with E-state index < -0.39 is 43.0 Å². The lowest BCUT2D eigenvalue weighted by atomic mass is 10.1. The molecule has 0 aliphatic heterocycles. The minimum Gasteiger partial charge on any atom is -0.496 e. The Labute approximate surface area is 200 Å². The van der Waals surface area contributed by atoms with Crippen molar-refractivity contribution in [3.05, 3.63) is 77.1 Å². The average molecular weight is 513 g/mol. The maximum absolute atomic E-state index is 15.4. The van der Waals surface area contributed by atoms with Crippen molar-refractivity contribution in [1.82, 2.24) is 0 Å². The van der Waals surface area contributed by atoms with Crippen LogP contribution in [-0.4, -0.2) is 28.4 Å². The normalized spacial score (nSPS) is 11.4. The largest absolute Gasteiger partial charge is 0.496 e. The maximum Gasteiger partial charge on any atom is 0.243 e. The van der Waals surface area contributed by atoms with Crippen molar-refractivity contribution >= 4 is 27.5 Å². The summed E-state index contributed by atoms with van der Waals surface area (Å²) in [6.45, 7) is -0.216. The van der Waals surface area contributed by atoms with E-state index in [9.17, 15) is 17.2 Å². The Morgan fingerprint density at radius 1 is 0.912 bits per heavy atom. The first-order valence-corrected chi connectivity index (χ1v) is 12.6. The first-order chi connectivity index (χ1) is 16.2. The van der Waals surface area contributed by atoms with E-state index in [0.29, 0.717) is 23.5 Å². The van der Waals surface area contributed by atoms with Gasteiger partial charge in [0.05, 0.1) is 30.4 Å². The van der Waals surface area contributed by atoms with Gasteiger partial charge in [-0.3, -0.25) is 0 Å². The molecule has 0 radical (unpaired) electrons. The second-order valence-corrected chi connectivity index (χ2v) is 9.70. The summed E-state index contributed by atoms with van der Waals surface area (Å²) in [5.74, 6) is -3.66. The molecule has 182 valence electrons. The monoisotopic (exact) mass is 512 g/mol. The Kier molecular flexibility index (Phi) is 8.34. The number of methoxy groups -OCH3 is 2. The minimum atomic E-state index is -4.81. The molecule has 0 amide bonds. The fourth-order valence-corrected chi connectivity index (χ4v) is 5.14. The molecule has 34 heavy (non-hydrogen) atoms. The van der Waals surface area contributed by atoms with Crippen LogP contribution < -0.4 is 19.9 Å². The van der Waals surface area contributed by atoms with Crippen molar-refractivity contribution in [2.45, 2.75) is 22.8 Å². The van der Waals surface area contributed by atoms with Crippen LogP contribution in [0.15, 0.2) is 58.3 Å². The van der Waals surface area contributed by atoms with Gasteiger partial charge < -0.3 is 14.8 Å². The van der Waals surface area contributed by atoms with Crippen molar-refractivity contribution in [2.75, 3.05) is 25.3 Å². The lowest BCUT2D eigenvalue weighted by Gasteiger charge is -2.18. The van der Waals surface area contributed by atoms with Gasteiger partial charge in [-0.25, -0.2) is 26.7 Å². The quantitative estimate of drug-likeness (QED) is 0.302. The molecular weight excluding hydrogens is 489 g/mol. The Bertz CT molecular complexity index is 1250. The van der Waals surface area contributed by atoms with Crippen LogP contribution in [0.25, 0.3) is 0 Å². The molecule has 0 aromatic heterocycles. The third kappa shape index (κ3) is 5.60. The van der Waals surface area contributed by atoms with E-state index in [-0.39, 0.29) is 12.3 Å². The summed E-state index contributed by atoms with van der Waals surface area (Å²) in [5, 5.41) is 7.66. The summed E-state index contributed by atoms with van der Waals surface area (Å²) in [6.07, 6.45) is 0.462. The van der Waals surface area contributed by atoms with Gasteiger partial charge >= 0.3 is 0 Å². The van der Waals surface area contributed by atoms with Gasteiger partial charge in [0.2, 0.25) is 10.0 Å². The highest BCUT2D eigenvalue weighted by Gasteiger charge is 2.31. The zero-order chi connectivity index (χ0) is 24.9. The van der Waals surface area contributed by atoms with Crippen LogP contribution in [0.2, 0.25) is 0 Å². The molecule has 0 heterocycles. The smallest absolute Gasteiger partial charge is 0.243 e. The highest BCUT2D eigenvalue weighted by molar-refractivity contribution is 7.99. The third-order valence-electron chi connectivity index (χ3n) is 4.97. The summed E-state index contributed by atoms with van der Waals surface area (Å²) < 4.78 is 79.7. The predicted molar refractivity (Wildman–Crippen MR) is 125 cm³/mol. The molecule has 3 N–H and O–H groups in total. The van der Waals surface area contributed by atoms with Crippen LogP contribution in [0.5, 0.6) is 11.5 Å². The van der Waals surface area contributed by atoms with Crippen LogP contribution >= 0.6 is 11.8 Å². The molecular formula is C23H23F3N2O4S2. The molecule has 11 heteroatoms. The molecule has 3 aromatic rings. The number of aryl methyl sites for hydroxylation is 1. The standard InChI is InChI=1S/C23H23F3N2O4S2/c1-31-16-9-6-10-17(32-2)15(16)13-28-21-20(26)22(18(24)19(25)23(21)34(27,29)30)33-12-11-14-7-4-3-5-8-14/h3-10,28H,11-13H2,1-2H3,(H2,27,29,30). The highest BCUT2D eigenvalue weighted by atomic mass is 32.2. The van der Waals surface area contributed by atoms with Crippen molar-refractivity contribution < 1.29 is 31.1 Å². The van der Waals surface area contributed by atoms with E-state index in [4.69, 9.17) is 14.6 Å². The summed E-state index contributed by atoms with van der Waals surface area (Å²) in [7, 11) is -1.99. The van der Waals surface area contributed by atoms with Crippen molar-refractivity contribution in [1.29, 1.82) is 0 Å². The number of primary sulfonamides is 1. The molecule has 0 saturated carbocycles. The highest BCUT2D eigenvalue weighted by Crippen LogP contribution is 2.38. The van der Waals surface area contributed by atoms with E-state index in [1.807, 2.05) is 30.3 Å². The second-order valence-electron chi connectivity index (χ2n) is 7.10. The molecule has 0 unspecified atom stereocenters. The van der Waals surface area contributed by atoms with Crippen molar-refractivity contribution in [3.63, 3.8) is 0 Å². The Hall–Kier alpha value is -2.89. The molecule has 0 fully saturated rings. The van der Waals surface area contributed by atoms with Crippen LogP contribution in [0.1, 0.15) is 11.1 Å². The van der Waals surface area contributed by atoms with Gasteiger partial charge in [0.25, 0.3) is 0 Å². The van der Waals surface area contributed by atoms with Crippen LogP contribution in [0.4, 0.5) is 18.9 Å². The lowest BCUT2D eigenvalue weighted by molar-refractivity contribution is 0.386. The van der Waals surface area contributed by atoms with Crippen molar-refractivity contribution in [2.24, 2.45) is 5.14 Å². The van der Waals surface area contributed by atoms with Gasteiger partial charge in [0.15, 0.2) is 17.5 Å². The topological polar surface area (TPSA) is 90.7 Å². The summed E-state index contributed by atoms with van der Waals surface area (Å²) in [6, 6.07) is 14.1. The first-order valence-electron chi connectivity index (χ1n) is 10.0. The number of ether oxygens (including phenoxy) is 2. The van der Waals surface area contributed by atoms with Gasteiger partial charge in [-0.1, -0.05) is 36.4 Å². The second kappa shape index (κ2) is 11.0. The summed E-state index contributed by atoms with van der Waals surface area (Å²) in [5.41, 5.74) is 0.575. The Balaban J connectivity index is 2.00. The number of sulfonamides is 1. The number of halogens is 3. The number of nitrogens with two attached hydrogens (primary N) is 1. The fraction of sp³-hybridized carbons (Fsp3) is 0.217. The summed E-state index contributed by atoms with van der Waals surface area (Å²) in [4.78, 5) is -1.93. The summed E-state index contributed by atoms with van der Waals surface area (Å²) >= 11 is 0.738. The van der Waals surface area contributed by atoms with Crippen LogP contribution in [-0.2, 0) is 23.0 Å². The lowest BCUT2D eigenvalue weighted by Crippen LogP contribution is -2.20. The maximum atomic E-state index is 15.4. The number of benzene rings is 3. The van der Waals surface area contributed by atoms with Gasteiger partial charge in [-0.15, -0.1) is 11.8 Å². The molecule has 0 atom stereocenters. The molecule has 0 aliphatic carbocycles. The predicted octanol–water partition coefficient (Wildman–Crippen LogP) is 4.72. The van der Waals surface area contributed by atoms with E-state index in [1.165, 1.54) is 14.2 Å². The number of thioether (sulfide) groups is 1. The van der Waals surface area contributed by atoms with E-state index >= 15 is 4.39 Å². The number of anilines is 1. The van der Waals surface area contributed by atoms with Gasteiger partial charge in [0.1, 0.15) is 16.4 Å². The van der Waals surface area contributed by atoms with E-state index in [0.717, 1.165) is 17.3 Å². The minimum absolute atomic E-state index is 0.216. The molecule has 0 bridgehead atoms. The number of rotatable bonds is 10. The van der Waals surface area contributed by atoms with Crippen molar-refractivity contribution in [3.8, 4) is 11.5 Å². The molecule has 0 spiro atoms. The molecule has 0 saturated heterocycles. The first kappa shape index (κ1) is 25.7. The molecule has 0 aliphatic rings. The zero-order valence-corrected chi connectivity index (χ0v) is 20.0. The van der Waals surface area contributed by atoms with E-state index in [2.05, 4.69) is 5.32 Å². The fourth-order valence-electron chi connectivity index (χ4n) is 3.37. The average Bonchev–Trinajstić information content (AvgIpc) is 2.82. The molecule has 3 aromatic carbocycles. The Morgan fingerprint density at radius 2 is 1.53 bits per heavy atom. The third-order valence-corrected chi connectivity index (χ3v) is 6.98. The number of hydrogen-bond donors (Lipinski definition) is 2. The van der Waals surface area contributed by atoms with Gasteiger partial charge in [-0.2, -0.15) is 0 Å². The van der Waals surface area contributed by atoms with Gasteiger partial charge in [0, 0.05) is 12.3 Å². The molecule has 6 nitrogen and oxygen atoms in total. The number of nitrogens with one attached hydrogen (secondary N) is 1. The zero-order valence-electron chi connectivity index (χ0n) is 18.4. The van der Waals surface area contributed by atoms with Crippen LogP contribution in [0.3, 0.4) is 0 Å². The Morgan fingerprint density at radius 3 is 2.09 bits per heavy atom. The molecule has 3 rings (SSSR count). The SMILES string of the molecule is COc1cccc(OC)c1CNc1c(F)c(SCCc2ccccc2)c(F)c(F)c1S(N)(=O)=O. The van der Waals surface area contributed by atoms with Crippen LogP contribution in [0, 0.1) is 17.5 Å². The van der Waals surface area contributed by atoms with E-state index in [1.54, 1.807) is 18.2 Å². The van der Waals surface area contributed by atoms with Gasteiger partial charge in [-0.05, 0) is 24.1 Å². The number of hydrogen-bond acceptors (Lipinski definition) is 6.